The smallest absolute Gasteiger partial charge is 0.404 e. The second-order valence-electron chi connectivity index (χ2n) is 2.94. The number of anilines is 1. The Labute approximate surface area is 103 Å². The lowest BCUT2D eigenvalue weighted by Gasteiger charge is -2.14. The van der Waals surface area contributed by atoms with Crippen LogP contribution in [0.1, 0.15) is 0 Å². The molecule has 0 heterocycles. The molecule has 0 unspecified atom stereocenters. The molecule has 8 heteroatoms. The van der Waals surface area contributed by atoms with Crippen LogP contribution >= 0.6 is 15.9 Å². The molecule has 1 aromatic rings. The number of ether oxygens (including phenoxy) is 1. The first kappa shape index (κ1) is 13.8. The summed E-state index contributed by atoms with van der Waals surface area (Å²) in [6.45, 7) is -0.332. The molecule has 0 aliphatic carbocycles. The van der Waals surface area contributed by atoms with E-state index >= 15 is 0 Å². The number of nitrogens with two attached hydrogens (primary N) is 1. The van der Waals surface area contributed by atoms with E-state index in [1.807, 2.05) is 0 Å². The van der Waals surface area contributed by atoms with Gasteiger partial charge in [0.15, 0.2) is 5.75 Å². The third-order valence-corrected chi connectivity index (χ3v) is 2.12. The van der Waals surface area contributed by atoms with E-state index in [0.717, 1.165) is 6.07 Å². The minimum absolute atomic E-state index is 0.0963. The maximum atomic E-state index is 12.1. The van der Waals surface area contributed by atoms with Gasteiger partial charge in [-0.3, -0.25) is 4.79 Å². The van der Waals surface area contributed by atoms with Gasteiger partial charge in [-0.05, 0) is 18.2 Å². The lowest BCUT2D eigenvalue weighted by molar-refractivity contribution is -0.274. The van der Waals surface area contributed by atoms with Crippen LogP contribution in [0.3, 0.4) is 0 Å². The van der Waals surface area contributed by atoms with Crippen molar-refractivity contribution >= 4 is 27.5 Å². The Balaban J connectivity index is 2.99. The van der Waals surface area contributed by atoms with E-state index in [9.17, 15) is 18.0 Å². The molecular weight excluding hydrogens is 305 g/mol. The molecular formula is C9H8BrF3N2O2. The summed E-state index contributed by atoms with van der Waals surface area (Å²) in [7, 11) is 0. The van der Waals surface area contributed by atoms with Gasteiger partial charge in [0.2, 0.25) is 5.91 Å². The number of rotatable bonds is 3. The average molecular weight is 313 g/mol. The fourth-order valence-corrected chi connectivity index (χ4v) is 1.35. The Hall–Kier alpha value is -1.28. The van der Waals surface area contributed by atoms with Crippen molar-refractivity contribution in [2.45, 2.75) is 6.36 Å². The highest BCUT2D eigenvalue weighted by molar-refractivity contribution is 9.10. The predicted molar refractivity (Wildman–Crippen MR) is 58.5 cm³/mol. The summed E-state index contributed by atoms with van der Waals surface area (Å²) in [5.74, 6) is -1.12. The van der Waals surface area contributed by atoms with E-state index in [2.05, 4.69) is 26.0 Å². The average Bonchev–Trinajstić information content (AvgIpc) is 2.19. The molecule has 0 fully saturated rings. The molecule has 3 N–H and O–H groups in total. The van der Waals surface area contributed by atoms with Crippen molar-refractivity contribution in [1.82, 2.24) is 0 Å². The zero-order valence-electron chi connectivity index (χ0n) is 8.34. The van der Waals surface area contributed by atoms with E-state index in [-0.39, 0.29) is 12.2 Å². The quantitative estimate of drug-likeness (QED) is 0.899. The fourth-order valence-electron chi connectivity index (χ4n) is 1.01. The van der Waals surface area contributed by atoms with Crippen molar-refractivity contribution in [1.29, 1.82) is 0 Å². The normalized spacial score (nSPS) is 11.1. The number of carbonyl (C=O) groups is 1. The van der Waals surface area contributed by atoms with E-state index in [4.69, 9.17) is 5.73 Å². The highest BCUT2D eigenvalue weighted by Gasteiger charge is 2.32. The van der Waals surface area contributed by atoms with Crippen LogP contribution in [0, 0.1) is 0 Å². The first-order valence-electron chi connectivity index (χ1n) is 4.37. The van der Waals surface area contributed by atoms with Gasteiger partial charge < -0.3 is 15.8 Å². The van der Waals surface area contributed by atoms with Crippen molar-refractivity contribution in [3.05, 3.63) is 22.7 Å². The zero-order valence-corrected chi connectivity index (χ0v) is 9.93. The lowest BCUT2D eigenvalue weighted by Crippen LogP contribution is -2.23. The van der Waals surface area contributed by atoms with Gasteiger partial charge in [0.25, 0.3) is 0 Å². The predicted octanol–water partition coefficient (Wildman–Crippen LogP) is 2.24. The van der Waals surface area contributed by atoms with Gasteiger partial charge in [-0.25, -0.2) is 0 Å². The molecule has 0 saturated heterocycles. The molecule has 0 spiro atoms. The van der Waals surface area contributed by atoms with Crippen molar-refractivity contribution in [3.63, 3.8) is 0 Å². The molecule has 0 aliphatic rings. The van der Waals surface area contributed by atoms with Crippen molar-refractivity contribution in [2.24, 2.45) is 5.73 Å². The number of nitrogens with one attached hydrogen (secondary N) is 1. The van der Waals surface area contributed by atoms with Crippen LogP contribution < -0.4 is 15.8 Å². The summed E-state index contributed by atoms with van der Waals surface area (Å²) >= 11 is 3.00. The molecule has 0 atom stereocenters. The fraction of sp³-hybridized carbons (Fsp3) is 0.222. The summed E-state index contributed by atoms with van der Waals surface area (Å²) in [5.41, 5.74) is 4.95. The molecule has 1 amide bonds. The van der Waals surface area contributed by atoms with Gasteiger partial charge in [-0.15, -0.1) is 13.2 Å². The highest BCUT2D eigenvalue weighted by Crippen LogP contribution is 2.32. The van der Waals surface area contributed by atoms with Crippen LogP contribution in [0.4, 0.5) is 18.9 Å². The Morgan fingerprint density at radius 2 is 2.12 bits per heavy atom. The van der Waals surface area contributed by atoms with Gasteiger partial charge in [-0.1, -0.05) is 15.9 Å². The van der Waals surface area contributed by atoms with E-state index in [0.29, 0.717) is 4.47 Å². The number of halogens is 4. The SMILES string of the molecule is NCC(=O)Nc1ccc(Br)cc1OC(F)(F)F. The molecule has 0 saturated carbocycles. The first-order chi connectivity index (χ1) is 7.81. The van der Waals surface area contributed by atoms with Gasteiger partial charge in [0.05, 0.1) is 12.2 Å². The number of hydrogen-bond acceptors (Lipinski definition) is 3. The maximum Gasteiger partial charge on any atom is 0.573 e. The number of amides is 1. The van der Waals surface area contributed by atoms with Crippen LogP contribution in [-0.2, 0) is 4.79 Å². The van der Waals surface area contributed by atoms with E-state index in [1.54, 1.807) is 0 Å². The summed E-state index contributed by atoms with van der Waals surface area (Å²) in [5, 5.41) is 2.20. The Kier molecular flexibility index (Phi) is 4.35. The molecule has 0 bridgehead atoms. The molecule has 17 heavy (non-hydrogen) atoms. The molecule has 94 valence electrons. The molecule has 1 aromatic carbocycles. The summed E-state index contributed by atoms with van der Waals surface area (Å²) in [6, 6.07) is 3.84. The van der Waals surface area contributed by atoms with E-state index in [1.165, 1.54) is 12.1 Å². The Morgan fingerprint density at radius 1 is 1.47 bits per heavy atom. The van der Waals surface area contributed by atoms with Crippen molar-refractivity contribution in [3.8, 4) is 5.75 Å². The third kappa shape index (κ3) is 4.61. The summed E-state index contributed by atoms with van der Waals surface area (Å²) in [6.07, 6.45) is -4.83. The van der Waals surface area contributed by atoms with Crippen LogP contribution in [0.2, 0.25) is 0 Å². The van der Waals surface area contributed by atoms with Gasteiger partial charge in [-0.2, -0.15) is 0 Å². The first-order valence-corrected chi connectivity index (χ1v) is 5.16. The second kappa shape index (κ2) is 5.37. The highest BCUT2D eigenvalue weighted by atomic mass is 79.9. The monoisotopic (exact) mass is 312 g/mol. The zero-order chi connectivity index (χ0) is 13.1. The number of alkyl halides is 3. The largest absolute Gasteiger partial charge is 0.573 e. The van der Waals surface area contributed by atoms with E-state index < -0.39 is 18.0 Å². The Bertz CT molecular complexity index is 423. The topological polar surface area (TPSA) is 64.4 Å². The minimum Gasteiger partial charge on any atom is -0.404 e. The van der Waals surface area contributed by atoms with Gasteiger partial charge >= 0.3 is 6.36 Å². The van der Waals surface area contributed by atoms with Crippen LogP contribution in [-0.4, -0.2) is 18.8 Å². The van der Waals surface area contributed by atoms with Gasteiger partial charge in [0.1, 0.15) is 0 Å². The van der Waals surface area contributed by atoms with Crippen molar-refractivity contribution < 1.29 is 22.7 Å². The molecule has 1 rings (SSSR count). The number of carbonyl (C=O) groups excluding carboxylic acids is 1. The van der Waals surface area contributed by atoms with Crippen LogP contribution in [0.5, 0.6) is 5.75 Å². The maximum absolute atomic E-state index is 12.1. The molecule has 0 aromatic heterocycles. The van der Waals surface area contributed by atoms with Gasteiger partial charge in [0, 0.05) is 4.47 Å². The number of benzene rings is 1. The Morgan fingerprint density at radius 3 is 2.65 bits per heavy atom. The standard InChI is InChI=1S/C9H8BrF3N2O2/c10-5-1-2-6(15-8(16)4-14)7(3-5)17-9(11,12)13/h1-3H,4,14H2,(H,15,16). The number of hydrogen-bond donors (Lipinski definition) is 2. The lowest BCUT2D eigenvalue weighted by atomic mass is 10.3. The van der Waals surface area contributed by atoms with Crippen LogP contribution in [0.15, 0.2) is 22.7 Å². The van der Waals surface area contributed by atoms with Crippen LogP contribution in [0.25, 0.3) is 0 Å². The van der Waals surface area contributed by atoms with Crippen molar-refractivity contribution in [2.75, 3.05) is 11.9 Å². The summed E-state index contributed by atoms with van der Waals surface area (Å²) < 4.78 is 40.5. The molecule has 0 radical (unpaired) electrons. The minimum atomic E-state index is -4.83. The second-order valence-corrected chi connectivity index (χ2v) is 3.86. The molecule has 4 nitrogen and oxygen atoms in total. The molecule has 0 aliphatic heterocycles. The third-order valence-electron chi connectivity index (χ3n) is 1.63. The summed E-state index contributed by atoms with van der Waals surface area (Å²) in [4.78, 5) is 11.0.